The second kappa shape index (κ2) is 7.09. The molecule has 3 rings (SSSR count). The quantitative estimate of drug-likeness (QED) is 0.857. The SMILES string of the molecule is CCc1cccc(C)c1N(CC(=O)N1CCc2ccccc21)C(C)=O. The molecule has 4 nitrogen and oxygen atoms in total. The van der Waals surface area contributed by atoms with E-state index in [1.54, 1.807) is 9.80 Å². The van der Waals surface area contributed by atoms with E-state index in [0.29, 0.717) is 6.54 Å². The van der Waals surface area contributed by atoms with Crippen molar-refractivity contribution < 1.29 is 9.59 Å². The average molecular weight is 336 g/mol. The van der Waals surface area contributed by atoms with Gasteiger partial charge < -0.3 is 9.80 Å². The lowest BCUT2D eigenvalue weighted by atomic mass is 10.0. The molecule has 4 heteroatoms. The number of nitrogens with zero attached hydrogens (tertiary/aromatic N) is 2. The van der Waals surface area contributed by atoms with Gasteiger partial charge in [0.1, 0.15) is 6.54 Å². The lowest BCUT2D eigenvalue weighted by Gasteiger charge is -2.27. The summed E-state index contributed by atoms with van der Waals surface area (Å²) in [5.41, 5.74) is 5.14. The first kappa shape index (κ1) is 17.2. The second-order valence-electron chi connectivity index (χ2n) is 6.47. The lowest BCUT2D eigenvalue weighted by molar-refractivity contribution is -0.121. The molecule has 130 valence electrons. The molecular formula is C21H24N2O2. The summed E-state index contributed by atoms with van der Waals surface area (Å²) in [5, 5.41) is 0. The van der Waals surface area contributed by atoms with Gasteiger partial charge in [-0.3, -0.25) is 9.59 Å². The topological polar surface area (TPSA) is 40.6 Å². The number of carbonyl (C=O) groups excluding carboxylic acids is 2. The van der Waals surface area contributed by atoms with Gasteiger partial charge in [-0.2, -0.15) is 0 Å². The minimum Gasteiger partial charge on any atom is -0.310 e. The number of hydrogen-bond acceptors (Lipinski definition) is 2. The summed E-state index contributed by atoms with van der Waals surface area (Å²) in [6.45, 7) is 6.33. The van der Waals surface area contributed by atoms with Crippen molar-refractivity contribution in [2.24, 2.45) is 0 Å². The van der Waals surface area contributed by atoms with Crippen LogP contribution in [-0.2, 0) is 22.4 Å². The summed E-state index contributed by atoms with van der Waals surface area (Å²) in [4.78, 5) is 28.7. The van der Waals surface area contributed by atoms with E-state index in [1.807, 2.05) is 43.3 Å². The van der Waals surface area contributed by atoms with Gasteiger partial charge in [-0.1, -0.05) is 43.3 Å². The van der Waals surface area contributed by atoms with E-state index in [4.69, 9.17) is 0 Å². The number of benzene rings is 2. The molecule has 0 N–H and O–H groups in total. The second-order valence-corrected chi connectivity index (χ2v) is 6.47. The summed E-state index contributed by atoms with van der Waals surface area (Å²) in [5.74, 6) is -0.143. The van der Waals surface area contributed by atoms with Gasteiger partial charge in [0.2, 0.25) is 11.8 Å². The molecule has 0 fully saturated rings. The number of anilines is 2. The van der Waals surface area contributed by atoms with Crippen LogP contribution in [0.2, 0.25) is 0 Å². The van der Waals surface area contributed by atoms with Crippen molar-refractivity contribution in [3.63, 3.8) is 0 Å². The molecule has 0 atom stereocenters. The Balaban J connectivity index is 1.89. The fraction of sp³-hybridized carbons (Fsp3) is 0.333. The highest BCUT2D eigenvalue weighted by atomic mass is 16.2. The molecule has 0 spiro atoms. The molecule has 0 aromatic heterocycles. The fourth-order valence-corrected chi connectivity index (χ4v) is 3.56. The maximum atomic E-state index is 12.9. The molecule has 1 aliphatic heterocycles. The highest BCUT2D eigenvalue weighted by molar-refractivity contribution is 6.04. The number of rotatable bonds is 4. The van der Waals surface area contributed by atoms with Crippen LogP contribution in [0, 0.1) is 6.92 Å². The van der Waals surface area contributed by atoms with E-state index >= 15 is 0 Å². The molecule has 0 unspecified atom stereocenters. The van der Waals surface area contributed by atoms with Crippen molar-refractivity contribution in [3.8, 4) is 0 Å². The number of hydrogen-bond donors (Lipinski definition) is 0. The Morgan fingerprint density at radius 1 is 1.12 bits per heavy atom. The minimum atomic E-state index is -0.107. The summed E-state index contributed by atoms with van der Waals surface area (Å²) in [6, 6.07) is 14.0. The maximum Gasteiger partial charge on any atom is 0.247 e. The van der Waals surface area contributed by atoms with E-state index in [2.05, 4.69) is 13.0 Å². The van der Waals surface area contributed by atoms with E-state index < -0.39 is 0 Å². The molecule has 0 aliphatic carbocycles. The zero-order valence-corrected chi connectivity index (χ0v) is 15.1. The molecular weight excluding hydrogens is 312 g/mol. The van der Waals surface area contributed by atoms with Crippen molar-refractivity contribution >= 4 is 23.2 Å². The van der Waals surface area contributed by atoms with Crippen LogP contribution in [0.1, 0.15) is 30.5 Å². The standard InChI is InChI=1S/C21H24N2O2/c1-4-17-10-7-8-15(2)21(17)23(16(3)24)14-20(25)22-13-12-18-9-5-6-11-19(18)22/h5-11H,4,12-14H2,1-3H3. The summed E-state index contributed by atoms with van der Waals surface area (Å²) < 4.78 is 0. The Morgan fingerprint density at radius 2 is 1.88 bits per heavy atom. The van der Waals surface area contributed by atoms with Crippen LogP contribution >= 0.6 is 0 Å². The third kappa shape index (κ3) is 3.29. The largest absolute Gasteiger partial charge is 0.310 e. The Labute approximate surface area is 149 Å². The van der Waals surface area contributed by atoms with Crippen LogP contribution in [0.15, 0.2) is 42.5 Å². The highest BCUT2D eigenvalue weighted by Gasteiger charge is 2.27. The van der Waals surface area contributed by atoms with Crippen LogP contribution in [0.3, 0.4) is 0 Å². The van der Waals surface area contributed by atoms with Crippen molar-refractivity contribution in [2.75, 3.05) is 22.9 Å². The lowest BCUT2D eigenvalue weighted by Crippen LogP contribution is -2.42. The van der Waals surface area contributed by atoms with E-state index in [-0.39, 0.29) is 18.4 Å². The fourth-order valence-electron chi connectivity index (χ4n) is 3.56. The minimum absolute atomic E-state index is 0.0366. The summed E-state index contributed by atoms with van der Waals surface area (Å²) >= 11 is 0. The van der Waals surface area contributed by atoms with Crippen molar-refractivity contribution in [2.45, 2.75) is 33.6 Å². The molecule has 0 saturated carbocycles. The zero-order chi connectivity index (χ0) is 18.0. The van der Waals surface area contributed by atoms with Crippen molar-refractivity contribution in [1.29, 1.82) is 0 Å². The predicted molar refractivity (Wildman–Crippen MR) is 101 cm³/mol. The predicted octanol–water partition coefficient (Wildman–Crippen LogP) is 3.50. The molecule has 25 heavy (non-hydrogen) atoms. The summed E-state index contributed by atoms with van der Waals surface area (Å²) in [7, 11) is 0. The van der Waals surface area contributed by atoms with Gasteiger partial charge in [0.25, 0.3) is 0 Å². The first-order valence-corrected chi connectivity index (χ1v) is 8.77. The third-order valence-corrected chi connectivity index (χ3v) is 4.83. The Morgan fingerprint density at radius 3 is 2.60 bits per heavy atom. The van der Waals surface area contributed by atoms with Crippen LogP contribution in [0.25, 0.3) is 0 Å². The number of fused-ring (bicyclic) bond motifs is 1. The number of aryl methyl sites for hydroxylation is 2. The molecule has 0 radical (unpaired) electrons. The van der Waals surface area contributed by atoms with Crippen LogP contribution in [0.4, 0.5) is 11.4 Å². The number of amides is 2. The Hall–Kier alpha value is -2.62. The molecule has 1 aliphatic rings. The summed E-state index contributed by atoms with van der Waals surface area (Å²) in [6.07, 6.45) is 1.69. The van der Waals surface area contributed by atoms with Gasteiger partial charge in [0.05, 0.1) is 5.69 Å². The normalized spacial score (nSPS) is 12.8. The van der Waals surface area contributed by atoms with Gasteiger partial charge in [-0.15, -0.1) is 0 Å². The van der Waals surface area contributed by atoms with Gasteiger partial charge in [-0.05, 0) is 42.5 Å². The van der Waals surface area contributed by atoms with Gasteiger partial charge in [-0.25, -0.2) is 0 Å². The van der Waals surface area contributed by atoms with Gasteiger partial charge in [0.15, 0.2) is 0 Å². The Bertz CT molecular complexity index is 813. The first-order valence-electron chi connectivity index (χ1n) is 8.77. The van der Waals surface area contributed by atoms with Crippen LogP contribution in [0.5, 0.6) is 0 Å². The zero-order valence-electron chi connectivity index (χ0n) is 15.1. The van der Waals surface area contributed by atoms with E-state index in [0.717, 1.165) is 35.3 Å². The van der Waals surface area contributed by atoms with Crippen LogP contribution < -0.4 is 9.80 Å². The molecule has 0 bridgehead atoms. The monoisotopic (exact) mass is 336 g/mol. The molecule has 2 aromatic rings. The van der Waals surface area contributed by atoms with E-state index in [1.165, 1.54) is 12.5 Å². The third-order valence-electron chi connectivity index (χ3n) is 4.83. The van der Waals surface area contributed by atoms with Crippen molar-refractivity contribution in [1.82, 2.24) is 0 Å². The average Bonchev–Trinajstić information content (AvgIpc) is 3.03. The first-order chi connectivity index (χ1) is 12.0. The highest BCUT2D eigenvalue weighted by Crippen LogP contribution is 2.29. The van der Waals surface area contributed by atoms with E-state index in [9.17, 15) is 9.59 Å². The number of carbonyl (C=O) groups is 2. The maximum absolute atomic E-state index is 12.9. The van der Waals surface area contributed by atoms with Crippen LogP contribution in [-0.4, -0.2) is 24.9 Å². The molecule has 2 aromatic carbocycles. The molecule has 1 heterocycles. The van der Waals surface area contributed by atoms with Crippen molar-refractivity contribution in [3.05, 3.63) is 59.2 Å². The van der Waals surface area contributed by atoms with Gasteiger partial charge in [0, 0.05) is 19.2 Å². The number of para-hydroxylation sites is 2. The Kier molecular flexibility index (Phi) is 4.88. The molecule has 0 saturated heterocycles. The smallest absolute Gasteiger partial charge is 0.247 e. The molecule has 2 amide bonds. The van der Waals surface area contributed by atoms with Gasteiger partial charge >= 0.3 is 0 Å².